The van der Waals surface area contributed by atoms with Gasteiger partial charge in [-0.05, 0) is 59.4 Å². The van der Waals surface area contributed by atoms with Gasteiger partial charge in [0.2, 0.25) is 0 Å². The van der Waals surface area contributed by atoms with Crippen molar-refractivity contribution in [3.63, 3.8) is 0 Å². The van der Waals surface area contributed by atoms with Gasteiger partial charge in [-0.3, -0.25) is 4.79 Å². The third-order valence-electron chi connectivity index (χ3n) is 4.17. The summed E-state index contributed by atoms with van der Waals surface area (Å²) in [5.74, 6) is 0.103. The third-order valence-corrected chi connectivity index (χ3v) is 5.32. The molecule has 108 valence electrons. The van der Waals surface area contributed by atoms with E-state index >= 15 is 0 Å². The van der Waals surface area contributed by atoms with Crippen molar-refractivity contribution in [1.29, 1.82) is 0 Å². The number of ketones is 1. The molecule has 4 rings (SSSR count). The Hall–Kier alpha value is -1.45. The zero-order valence-corrected chi connectivity index (χ0v) is 14.9. The van der Waals surface area contributed by atoms with Crippen molar-refractivity contribution in [2.75, 3.05) is 0 Å². The van der Waals surface area contributed by atoms with Gasteiger partial charge in [-0.2, -0.15) is 0 Å². The van der Waals surface area contributed by atoms with E-state index in [0.29, 0.717) is 0 Å². The lowest BCUT2D eigenvalue weighted by molar-refractivity contribution is 0.104. The molecule has 0 spiro atoms. The number of allylic oxidation sites excluding steroid dienone is 4. The lowest BCUT2D eigenvalue weighted by atomic mass is 9.95. The van der Waals surface area contributed by atoms with E-state index in [9.17, 15) is 4.79 Å². The van der Waals surface area contributed by atoms with Crippen molar-refractivity contribution in [3.05, 3.63) is 74.2 Å². The minimum atomic E-state index is 0.103. The maximum Gasteiger partial charge on any atom is 0.194 e. The molecule has 2 aromatic carbocycles. The lowest BCUT2D eigenvalue weighted by Gasteiger charge is -2.12. The Balaban J connectivity index is 1.94. The largest absolute Gasteiger partial charge is 0.289 e. The fourth-order valence-electron chi connectivity index (χ4n) is 3.10. The van der Waals surface area contributed by atoms with Crippen LogP contribution in [0.4, 0.5) is 0 Å². The first kappa shape index (κ1) is 14.2. The summed E-state index contributed by atoms with van der Waals surface area (Å²) in [6.45, 7) is 0. The van der Waals surface area contributed by atoms with Crippen LogP contribution in [0.5, 0.6) is 0 Å². The van der Waals surface area contributed by atoms with E-state index in [1.807, 2.05) is 24.3 Å². The summed E-state index contributed by atoms with van der Waals surface area (Å²) in [4.78, 5) is 12.6. The number of halogens is 2. The number of benzene rings is 2. The highest BCUT2D eigenvalue weighted by Crippen LogP contribution is 2.42. The molecule has 0 unspecified atom stereocenters. The van der Waals surface area contributed by atoms with E-state index in [-0.39, 0.29) is 5.78 Å². The van der Waals surface area contributed by atoms with Crippen LogP contribution in [0, 0.1) is 0 Å². The minimum Gasteiger partial charge on any atom is -0.289 e. The standard InChI is InChI=1S/C19H12Br2O/c20-12-6-7-13-15-9-14(11-4-2-1-3-5-11)18(21)10-17(15)19(22)16(13)8-12/h2,4-10H,1,3H2. The lowest BCUT2D eigenvalue weighted by Crippen LogP contribution is -1.96. The molecule has 0 amide bonds. The van der Waals surface area contributed by atoms with Gasteiger partial charge in [-0.1, -0.05) is 56.2 Å². The maximum absolute atomic E-state index is 12.6. The number of carbonyl (C=O) groups excluding carboxylic acids is 1. The van der Waals surface area contributed by atoms with Crippen LogP contribution in [0.1, 0.15) is 34.3 Å². The number of fused-ring (bicyclic) bond motifs is 3. The van der Waals surface area contributed by atoms with Gasteiger partial charge in [0.25, 0.3) is 0 Å². The first-order valence-electron chi connectivity index (χ1n) is 7.20. The molecule has 0 radical (unpaired) electrons. The number of rotatable bonds is 1. The van der Waals surface area contributed by atoms with Gasteiger partial charge in [-0.25, -0.2) is 0 Å². The van der Waals surface area contributed by atoms with Crippen LogP contribution in [-0.4, -0.2) is 5.78 Å². The quantitative estimate of drug-likeness (QED) is 0.465. The molecule has 0 saturated carbocycles. The van der Waals surface area contributed by atoms with E-state index in [4.69, 9.17) is 0 Å². The van der Waals surface area contributed by atoms with Gasteiger partial charge in [-0.15, -0.1) is 0 Å². The van der Waals surface area contributed by atoms with Crippen LogP contribution < -0.4 is 0 Å². The summed E-state index contributed by atoms with van der Waals surface area (Å²) in [5, 5.41) is 0. The van der Waals surface area contributed by atoms with Gasteiger partial charge in [0.15, 0.2) is 5.78 Å². The highest BCUT2D eigenvalue weighted by Gasteiger charge is 2.28. The first-order valence-corrected chi connectivity index (χ1v) is 8.79. The van der Waals surface area contributed by atoms with Crippen LogP contribution in [0.3, 0.4) is 0 Å². The maximum atomic E-state index is 12.6. The fourth-order valence-corrected chi connectivity index (χ4v) is 4.04. The van der Waals surface area contributed by atoms with Crippen molar-refractivity contribution in [2.45, 2.75) is 12.8 Å². The second-order valence-corrected chi connectivity index (χ2v) is 7.31. The minimum absolute atomic E-state index is 0.103. The van der Waals surface area contributed by atoms with Gasteiger partial charge in [0, 0.05) is 20.1 Å². The van der Waals surface area contributed by atoms with Crippen LogP contribution in [0.25, 0.3) is 16.7 Å². The Labute approximate surface area is 146 Å². The number of hydrogen-bond donors (Lipinski definition) is 0. The molecular weight excluding hydrogens is 404 g/mol. The molecule has 0 fully saturated rings. The van der Waals surface area contributed by atoms with E-state index in [0.717, 1.165) is 49.6 Å². The molecule has 0 saturated heterocycles. The summed E-state index contributed by atoms with van der Waals surface area (Å²) in [5.41, 5.74) is 5.99. The van der Waals surface area contributed by atoms with Crippen LogP contribution in [-0.2, 0) is 0 Å². The highest BCUT2D eigenvalue weighted by atomic mass is 79.9. The van der Waals surface area contributed by atoms with Crippen LogP contribution >= 0.6 is 31.9 Å². The monoisotopic (exact) mass is 414 g/mol. The van der Waals surface area contributed by atoms with E-state index in [2.05, 4.69) is 56.2 Å². The third kappa shape index (κ3) is 2.15. The van der Waals surface area contributed by atoms with E-state index < -0.39 is 0 Å². The van der Waals surface area contributed by atoms with E-state index in [1.165, 1.54) is 5.57 Å². The average molecular weight is 416 g/mol. The van der Waals surface area contributed by atoms with Crippen molar-refractivity contribution in [2.24, 2.45) is 0 Å². The second-order valence-electron chi connectivity index (χ2n) is 5.54. The second kappa shape index (κ2) is 5.32. The van der Waals surface area contributed by atoms with Gasteiger partial charge >= 0.3 is 0 Å². The molecule has 2 aliphatic carbocycles. The zero-order valence-electron chi connectivity index (χ0n) is 11.7. The van der Waals surface area contributed by atoms with E-state index in [1.54, 1.807) is 0 Å². The number of hydrogen-bond acceptors (Lipinski definition) is 1. The molecule has 0 aliphatic heterocycles. The molecule has 0 bridgehead atoms. The molecule has 0 N–H and O–H groups in total. The molecular formula is C19H12Br2O. The molecule has 2 aliphatic rings. The SMILES string of the molecule is O=C1c2cc(Br)ccc2-c2cc(C3=CCCC=C3)c(Br)cc21. The summed E-state index contributed by atoms with van der Waals surface area (Å²) < 4.78 is 1.91. The predicted molar refractivity (Wildman–Crippen MR) is 97.1 cm³/mol. The van der Waals surface area contributed by atoms with Crippen LogP contribution in [0.2, 0.25) is 0 Å². The topological polar surface area (TPSA) is 17.1 Å². The average Bonchev–Trinajstić information content (AvgIpc) is 2.79. The Morgan fingerprint density at radius 2 is 1.64 bits per heavy atom. The highest BCUT2D eigenvalue weighted by molar-refractivity contribution is 9.10. The van der Waals surface area contributed by atoms with Crippen molar-refractivity contribution < 1.29 is 4.79 Å². The molecule has 0 heterocycles. The molecule has 0 aromatic heterocycles. The summed E-state index contributed by atoms with van der Waals surface area (Å²) in [6, 6.07) is 10.0. The van der Waals surface area contributed by atoms with Crippen molar-refractivity contribution in [1.82, 2.24) is 0 Å². The Kier molecular flexibility index (Phi) is 3.43. The smallest absolute Gasteiger partial charge is 0.194 e. The van der Waals surface area contributed by atoms with Gasteiger partial charge < -0.3 is 0 Å². The normalized spacial score (nSPS) is 15.5. The molecule has 22 heavy (non-hydrogen) atoms. The molecule has 3 heteroatoms. The first-order chi connectivity index (χ1) is 10.6. The Bertz CT molecular complexity index is 875. The van der Waals surface area contributed by atoms with Crippen LogP contribution in [0.15, 0.2) is 57.5 Å². The fraction of sp³-hybridized carbons (Fsp3) is 0.105. The Morgan fingerprint density at radius 3 is 2.41 bits per heavy atom. The van der Waals surface area contributed by atoms with Gasteiger partial charge in [0.1, 0.15) is 0 Å². The zero-order chi connectivity index (χ0) is 15.3. The number of carbonyl (C=O) groups is 1. The van der Waals surface area contributed by atoms with Crippen molar-refractivity contribution in [3.8, 4) is 11.1 Å². The summed E-state index contributed by atoms with van der Waals surface area (Å²) in [6.07, 6.45) is 8.78. The van der Waals surface area contributed by atoms with Crippen molar-refractivity contribution >= 4 is 43.2 Å². The predicted octanol–water partition coefficient (Wildman–Crippen LogP) is 6.16. The molecule has 1 nitrogen and oxygen atoms in total. The van der Waals surface area contributed by atoms with Gasteiger partial charge in [0.05, 0.1) is 0 Å². The summed E-state index contributed by atoms with van der Waals surface area (Å²) >= 11 is 7.08. The molecule has 2 aromatic rings. The Morgan fingerprint density at radius 1 is 0.818 bits per heavy atom. The molecule has 0 atom stereocenters. The summed E-state index contributed by atoms with van der Waals surface area (Å²) in [7, 11) is 0.